The molecule has 1 heterocycles. The summed E-state index contributed by atoms with van der Waals surface area (Å²) in [6, 6.07) is 12.2. The lowest BCUT2D eigenvalue weighted by Gasteiger charge is -2.24. The number of likely N-dealkylation sites (N-methyl/N-ethyl adjacent to an activating group) is 1. The molecular formula is C24H21ClF3N5O. The van der Waals surface area contributed by atoms with Gasteiger partial charge in [-0.25, -0.2) is 9.80 Å². The fourth-order valence-electron chi connectivity index (χ4n) is 3.16. The second kappa shape index (κ2) is 11.3. The summed E-state index contributed by atoms with van der Waals surface area (Å²) in [5.41, 5.74) is 1.23. The molecule has 0 aliphatic carbocycles. The highest BCUT2D eigenvalue weighted by atomic mass is 35.5. The Hall–Kier alpha value is -3.95. The van der Waals surface area contributed by atoms with Gasteiger partial charge in [0.25, 0.3) is 0 Å². The normalized spacial score (nSPS) is 15.5. The SMILES string of the molecule is C#C.C/C(C#N)=C\N(C)C1CN(C(=O)Nc2ccc(C(F)(F)F)cc2)N=C1c1ccc(Cl)cc1. The van der Waals surface area contributed by atoms with Gasteiger partial charge < -0.3 is 10.2 Å². The smallest absolute Gasteiger partial charge is 0.369 e. The van der Waals surface area contributed by atoms with Crippen LogP contribution in [0.3, 0.4) is 0 Å². The molecule has 1 atom stereocenters. The zero-order valence-electron chi connectivity index (χ0n) is 18.3. The second-order valence-electron chi connectivity index (χ2n) is 7.18. The van der Waals surface area contributed by atoms with E-state index in [1.54, 1.807) is 49.3 Å². The third kappa shape index (κ3) is 6.53. The number of halogens is 4. The number of alkyl halides is 3. The Morgan fingerprint density at radius 1 is 1.24 bits per heavy atom. The summed E-state index contributed by atoms with van der Waals surface area (Å²) in [5.74, 6) is 0. The molecule has 2 aromatic carbocycles. The lowest BCUT2D eigenvalue weighted by Crippen LogP contribution is -2.40. The number of nitriles is 1. The number of terminal acetylenes is 1. The van der Waals surface area contributed by atoms with Crippen molar-refractivity contribution in [1.29, 1.82) is 5.26 Å². The number of benzene rings is 2. The number of anilines is 1. The number of hydrogen-bond donors (Lipinski definition) is 1. The summed E-state index contributed by atoms with van der Waals surface area (Å²) in [7, 11) is 1.77. The van der Waals surface area contributed by atoms with Gasteiger partial charge in [-0.05, 0) is 43.3 Å². The Balaban J connectivity index is 0.00000199. The van der Waals surface area contributed by atoms with Crippen LogP contribution in [0.2, 0.25) is 5.02 Å². The Morgan fingerprint density at radius 3 is 2.35 bits per heavy atom. The van der Waals surface area contributed by atoms with Gasteiger partial charge in [0.2, 0.25) is 0 Å². The van der Waals surface area contributed by atoms with Crippen molar-refractivity contribution in [2.24, 2.45) is 5.10 Å². The number of hydrogen-bond acceptors (Lipinski definition) is 4. The maximum Gasteiger partial charge on any atom is 0.416 e. The summed E-state index contributed by atoms with van der Waals surface area (Å²) in [4.78, 5) is 14.5. The van der Waals surface area contributed by atoms with E-state index in [1.807, 2.05) is 0 Å². The highest BCUT2D eigenvalue weighted by Gasteiger charge is 2.34. The molecule has 6 nitrogen and oxygen atoms in total. The maximum atomic E-state index is 12.8. The monoisotopic (exact) mass is 487 g/mol. The minimum Gasteiger partial charge on any atom is -0.369 e. The summed E-state index contributed by atoms with van der Waals surface area (Å²) < 4.78 is 38.2. The average Bonchev–Trinajstić information content (AvgIpc) is 3.26. The molecule has 0 saturated heterocycles. The fraction of sp³-hybridized carbons (Fsp3) is 0.208. The second-order valence-corrected chi connectivity index (χ2v) is 7.62. The Morgan fingerprint density at radius 2 is 1.82 bits per heavy atom. The van der Waals surface area contributed by atoms with Crippen LogP contribution < -0.4 is 5.32 Å². The number of nitrogens with zero attached hydrogens (tertiary/aromatic N) is 4. The molecule has 2 aromatic rings. The molecule has 1 aliphatic heterocycles. The van der Waals surface area contributed by atoms with E-state index in [4.69, 9.17) is 16.9 Å². The van der Waals surface area contributed by atoms with E-state index in [2.05, 4.69) is 29.3 Å². The zero-order chi connectivity index (χ0) is 25.5. The standard InChI is InChI=1S/C22H19ClF3N5O.C2H2/c1-14(11-27)12-30(2)19-13-31(29-20(19)15-3-7-17(23)8-4-15)21(32)28-18-9-5-16(6-10-18)22(24,25)26;1-2/h3-10,12,19H,13H2,1-2H3,(H,28,32);1-2H/b14-12+;. The number of nitrogens with one attached hydrogen (secondary N) is 1. The van der Waals surface area contributed by atoms with Gasteiger partial charge in [0.15, 0.2) is 0 Å². The minimum absolute atomic E-state index is 0.177. The molecule has 1 unspecified atom stereocenters. The molecule has 0 fully saturated rings. The largest absolute Gasteiger partial charge is 0.416 e. The Kier molecular flexibility index (Phi) is 8.71. The van der Waals surface area contributed by atoms with E-state index in [0.717, 1.165) is 17.7 Å². The molecule has 0 spiro atoms. The van der Waals surface area contributed by atoms with Gasteiger partial charge in [0, 0.05) is 35.1 Å². The molecule has 10 heteroatoms. The summed E-state index contributed by atoms with van der Waals surface area (Å²) in [6.07, 6.45) is 5.20. The predicted octanol–water partition coefficient (Wildman–Crippen LogP) is 5.59. The van der Waals surface area contributed by atoms with Crippen LogP contribution in [-0.2, 0) is 6.18 Å². The van der Waals surface area contributed by atoms with Crippen LogP contribution in [0.5, 0.6) is 0 Å². The molecule has 2 amide bonds. The quantitative estimate of drug-likeness (QED) is 0.451. The zero-order valence-corrected chi connectivity index (χ0v) is 19.1. The van der Waals surface area contributed by atoms with Crippen molar-refractivity contribution in [2.75, 3.05) is 18.9 Å². The predicted molar refractivity (Wildman–Crippen MR) is 126 cm³/mol. The molecule has 0 aromatic heterocycles. The van der Waals surface area contributed by atoms with Crippen LogP contribution in [-0.4, -0.2) is 41.3 Å². The van der Waals surface area contributed by atoms with E-state index >= 15 is 0 Å². The van der Waals surface area contributed by atoms with Crippen LogP contribution in [0, 0.1) is 24.2 Å². The lowest BCUT2D eigenvalue weighted by atomic mass is 10.0. The van der Waals surface area contributed by atoms with E-state index in [-0.39, 0.29) is 18.3 Å². The summed E-state index contributed by atoms with van der Waals surface area (Å²) in [6.45, 7) is 1.84. The van der Waals surface area contributed by atoms with Crippen molar-refractivity contribution >= 4 is 29.0 Å². The van der Waals surface area contributed by atoms with Crippen LogP contribution in [0.25, 0.3) is 0 Å². The van der Waals surface area contributed by atoms with E-state index in [9.17, 15) is 18.0 Å². The Labute approximate surface area is 200 Å². The molecule has 176 valence electrons. The third-order valence-corrected chi connectivity index (χ3v) is 5.05. The highest BCUT2D eigenvalue weighted by Crippen LogP contribution is 2.30. The third-order valence-electron chi connectivity index (χ3n) is 4.79. The van der Waals surface area contributed by atoms with Gasteiger partial charge in [-0.2, -0.15) is 23.5 Å². The first kappa shape index (κ1) is 26.3. The van der Waals surface area contributed by atoms with Gasteiger partial charge in [0.1, 0.15) is 0 Å². The van der Waals surface area contributed by atoms with Gasteiger partial charge >= 0.3 is 12.2 Å². The van der Waals surface area contributed by atoms with Crippen molar-refractivity contribution in [3.8, 4) is 18.9 Å². The molecular weight excluding hydrogens is 467 g/mol. The summed E-state index contributed by atoms with van der Waals surface area (Å²) in [5, 5.41) is 17.8. The topological polar surface area (TPSA) is 71.7 Å². The van der Waals surface area contributed by atoms with Crippen LogP contribution in [0.1, 0.15) is 18.1 Å². The first-order chi connectivity index (χ1) is 16.1. The molecule has 1 N–H and O–H groups in total. The van der Waals surface area contributed by atoms with Crippen molar-refractivity contribution in [2.45, 2.75) is 19.1 Å². The van der Waals surface area contributed by atoms with Gasteiger partial charge in [0.05, 0.1) is 29.9 Å². The highest BCUT2D eigenvalue weighted by molar-refractivity contribution is 6.30. The van der Waals surface area contributed by atoms with Crippen molar-refractivity contribution in [3.05, 3.63) is 76.5 Å². The van der Waals surface area contributed by atoms with E-state index in [0.29, 0.717) is 16.3 Å². The Bertz CT molecular complexity index is 1130. The molecule has 3 rings (SSSR count). The van der Waals surface area contributed by atoms with Crippen molar-refractivity contribution in [1.82, 2.24) is 9.91 Å². The first-order valence-electron chi connectivity index (χ1n) is 9.82. The number of hydrazone groups is 1. The van der Waals surface area contributed by atoms with Crippen LogP contribution >= 0.6 is 11.6 Å². The number of rotatable bonds is 4. The van der Waals surface area contributed by atoms with Crippen LogP contribution in [0.15, 0.2) is 65.4 Å². The first-order valence-corrected chi connectivity index (χ1v) is 10.2. The molecule has 0 saturated carbocycles. The molecule has 34 heavy (non-hydrogen) atoms. The van der Waals surface area contributed by atoms with Gasteiger partial charge in [-0.15, -0.1) is 12.8 Å². The molecule has 0 bridgehead atoms. The molecule has 1 aliphatic rings. The van der Waals surface area contributed by atoms with Crippen molar-refractivity contribution in [3.63, 3.8) is 0 Å². The molecule has 0 radical (unpaired) electrons. The number of carbonyl (C=O) groups excluding carboxylic acids is 1. The lowest BCUT2D eigenvalue weighted by molar-refractivity contribution is -0.137. The fourth-order valence-corrected chi connectivity index (χ4v) is 3.29. The average molecular weight is 488 g/mol. The van der Waals surface area contributed by atoms with Gasteiger partial charge in [-0.1, -0.05) is 23.7 Å². The van der Waals surface area contributed by atoms with Crippen molar-refractivity contribution < 1.29 is 18.0 Å². The van der Waals surface area contributed by atoms with Crippen LogP contribution in [0.4, 0.5) is 23.7 Å². The minimum atomic E-state index is -4.46. The number of urea groups is 1. The van der Waals surface area contributed by atoms with E-state index in [1.165, 1.54) is 17.1 Å². The maximum absolute atomic E-state index is 12.8. The number of carbonyl (C=O) groups is 1. The number of allylic oxidation sites excluding steroid dienone is 1. The number of amides is 2. The van der Waals surface area contributed by atoms with E-state index < -0.39 is 17.8 Å². The summed E-state index contributed by atoms with van der Waals surface area (Å²) >= 11 is 5.97. The van der Waals surface area contributed by atoms with Gasteiger partial charge in [-0.3, -0.25) is 0 Å².